The third kappa shape index (κ3) is 2.40. The minimum Gasteiger partial charge on any atom is -0.304 e. The van der Waals surface area contributed by atoms with Crippen molar-refractivity contribution in [3.05, 3.63) is 11.3 Å². The van der Waals surface area contributed by atoms with Gasteiger partial charge in [0.2, 0.25) is 0 Å². The first kappa shape index (κ1) is 13.8. The van der Waals surface area contributed by atoms with Crippen molar-refractivity contribution in [3.63, 3.8) is 0 Å². The SMILES string of the molecule is Cc1[nH]nc(S(=O)(=O)N2CCN(C)CC2)c1CCl. The third-order valence-corrected chi connectivity index (χ3v) is 5.35. The average molecular weight is 293 g/mol. The number of H-pyrrole nitrogens is 1. The second-order valence-corrected chi connectivity index (χ2v) is 6.59. The maximum absolute atomic E-state index is 12.5. The zero-order chi connectivity index (χ0) is 13.3. The lowest BCUT2D eigenvalue weighted by Crippen LogP contribution is -2.47. The number of alkyl halides is 1. The number of piperazine rings is 1. The predicted molar refractivity (Wildman–Crippen MR) is 69.1 cm³/mol. The molecule has 2 rings (SSSR count). The van der Waals surface area contributed by atoms with Crippen LogP contribution in [0.5, 0.6) is 0 Å². The lowest BCUT2D eigenvalue weighted by Gasteiger charge is -2.31. The highest BCUT2D eigenvalue weighted by Crippen LogP contribution is 2.22. The van der Waals surface area contributed by atoms with Crippen LogP contribution in [0.1, 0.15) is 11.3 Å². The van der Waals surface area contributed by atoms with Crippen LogP contribution in [0.2, 0.25) is 0 Å². The summed E-state index contributed by atoms with van der Waals surface area (Å²) in [4.78, 5) is 2.10. The maximum Gasteiger partial charge on any atom is 0.262 e. The number of aromatic amines is 1. The van der Waals surface area contributed by atoms with Crippen molar-refractivity contribution in [1.29, 1.82) is 0 Å². The first-order valence-corrected chi connectivity index (χ1v) is 7.72. The van der Waals surface area contributed by atoms with E-state index < -0.39 is 10.0 Å². The van der Waals surface area contributed by atoms with E-state index in [2.05, 4.69) is 15.1 Å². The number of halogens is 1. The van der Waals surface area contributed by atoms with Crippen LogP contribution in [0, 0.1) is 6.92 Å². The average Bonchev–Trinajstić information content (AvgIpc) is 2.71. The molecular formula is C10H17ClN4O2S. The summed E-state index contributed by atoms with van der Waals surface area (Å²) in [5.41, 5.74) is 1.27. The smallest absolute Gasteiger partial charge is 0.262 e. The molecule has 0 aliphatic carbocycles. The Hall–Kier alpha value is -0.630. The van der Waals surface area contributed by atoms with Gasteiger partial charge in [-0.15, -0.1) is 11.6 Å². The number of aromatic nitrogens is 2. The molecule has 6 nitrogen and oxygen atoms in total. The van der Waals surface area contributed by atoms with Gasteiger partial charge in [-0.2, -0.15) is 9.40 Å². The highest BCUT2D eigenvalue weighted by atomic mass is 35.5. The van der Waals surface area contributed by atoms with E-state index in [0.29, 0.717) is 24.3 Å². The standard InChI is InChI=1S/C10H17ClN4O2S/c1-8-9(7-11)10(13-12-8)18(16,17)15-5-3-14(2)4-6-15/h3-7H2,1-2H3,(H,12,13). The summed E-state index contributed by atoms with van der Waals surface area (Å²) in [6.45, 7) is 4.23. The Morgan fingerprint density at radius 3 is 2.50 bits per heavy atom. The van der Waals surface area contributed by atoms with Gasteiger partial charge in [0.1, 0.15) is 0 Å². The molecule has 0 atom stereocenters. The summed E-state index contributed by atoms with van der Waals surface area (Å²) >= 11 is 5.80. The Labute approximate surface area is 112 Å². The highest BCUT2D eigenvalue weighted by Gasteiger charge is 2.31. The van der Waals surface area contributed by atoms with Crippen molar-refractivity contribution in [1.82, 2.24) is 19.4 Å². The molecule has 102 valence electrons. The Balaban J connectivity index is 2.30. The summed E-state index contributed by atoms with van der Waals surface area (Å²) in [7, 11) is -1.55. The van der Waals surface area contributed by atoms with Gasteiger partial charge >= 0.3 is 0 Å². The number of hydrogen-bond acceptors (Lipinski definition) is 4. The van der Waals surface area contributed by atoms with Gasteiger partial charge in [0, 0.05) is 37.4 Å². The van der Waals surface area contributed by atoms with Crippen LogP contribution < -0.4 is 0 Å². The van der Waals surface area contributed by atoms with E-state index in [1.54, 1.807) is 6.92 Å². The van der Waals surface area contributed by atoms with Gasteiger partial charge in [-0.05, 0) is 14.0 Å². The molecule has 1 aliphatic rings. The van der Waals surface area contributed by atoms with Gasteiger partial charge in [0.15, 0.2) is 5.03 Å². The molecule has 1 aliphatic heterocycles. The van der Waals surface area contributed by atoms with E-state index in [1.807, 2.05) is 7.05 Å². The van der Waals surface area contributed by atoms with E-state index in [9.17, 15) is 8.42 Å². The molecule has 2 heterocycles. The van der Waals surface area contributed by atoms with Gasteiger partial charge in [-0.3, -0.25) is 5.10 Å². The van der Waals surface area contributed by atoms with E-state index >= 15 is 0 Å². The minimum absolute atomic E-state index is 0.0690. The predicted octanol–water partition coefficient (Wildman–Crippen LogP) is 0.393. The topological polar surface area (TPSA) is 69.3 Å². The van der Waals surface area contributed by atoms with Crippen molar-refractivity contribution in [2.24, 2.45) is 0 Å². The Morgan fingerprint density at radius 2 is 1.94 bits per heavy atom. The molecule has 0 saturated carbocycles. The zero-order valence-electron chi connectivity index (χ0n) is 10.5. The van der Waals surface area contributed by atoms with E-state index in [1.165, 1.54) is 4.31 Å². The molecule has 1 aromatic heterocycles. The second-order valence-electron chi connectivity index (χ2n) is 4.47. The molecule has 1 aromatic rings. The number of rotatable bonds is 3. The van der Waals surface area contributed by atoms with Gasteiger partial charge in [0.05, 0.1) is 5.88 Å². The van der Waals surface area contributed by atoms with E-state index in [0.717, 1.165) is 13.1 Å². The number of aryl methyl sites for hydroxylation is 1. The fraction of sp³-hybridized carbons (Fsp3) is 0.700. The maximum atomic E-state index is 12.5. The van der Waals surface area contributed by atoms with Crippen molar-refractivity contribution < 1.29 is 8.42 Å². The monoisotopic (exact) mass is 292 g/mol. The molecule has 1 fully saturated rings. The van der Waals surface area contributed by atoms with Gasteiger partial charge in [0.25, 0.3) is 10.0 Å². The van der Waals surface area contributed by atoms with Crippen LogP contribution in [-0.4, -0.2) is 61.0 Å². The number of nitrogens with zero attached hydrogens (tertiary/aromatic N) is 3. The Bertz CT molecular complexity index is 520. The highest BCUT2D eigenvalue weighted by molar-refractivity contribution is 7.89. The lowest BCUT2D eigenvalue weighted by molar-refractivity contribution is 0.222. The van der Waals surface area contributed by atoms with Gasteiger partial charge in [-0.25, -0.2) is 8.42 Å². The Kier molecular flexibility index (Phi) is 3.96. The Morgan fingerprint density at radius 1 is 1.33 bits per heavy atom. The third-order valence-electron chi connectivity index (χ3n) is 3.22. The quantitative estimate of drug-likeness (QED) is 0.819. The molecule has 8 heteroatoms. The lowest BCUT2D eigenvalue weighted by atomic mass is 10.3. The summed E-state index contributed by atoms with van der Waals surface area (Å²) in [5.74, 6) is 0.143. The fourth-order valence-electron chi connectivity index (χ4n) is 1.95. The normalized spacial score (nSPS) is 19.3. The number of sulfonamides is 1. The molecular weight excluding hydrogens is 276 g/mol. The number of nitrogens with one attached hydrogen (secondary N) is 1. The molecule has 0 aromatic carbocycles. The fourth-order valence-corrected chi connectivity index (χ4v) is 3.94. The molecule has 0 unspecified atom stereocenters. The van der Waals surface area contributed by atoms with Crippen molar-refractivity contribution in [3.8, 4) is 0 Å². The number of hydrogen-bond donors (Lipinski definition) is 1. The van der Waals surface area contributed by atoms with Crippen molar-refractivity contribution >= 4 is 21.6 Å². The zero-order valence-corrected chi connectivity index (χ0v) is 12.1. The van der Waals surface area contributed by atoms with Crippen LogP contribution in [0.15, 0.2) is 5.03 Å². The summed E-state index contributed by atoms with van der Waals surface area (Å²) in [6, 6.07) is 0. The van der Waals surface area contributed by atoms with Gasteiger partial charge in [-0.1, -0.05) is 0 Å². The van der Waals surface area contributed by atoms with Crippen molar-refractivity contribution in [2.45, 2.75) is 17.8 Å². The van der Waals surface area contributed by atoms with Crippen LogP contribution in [0.25, 0.3) is 0 Å². The molecule has 1 N–H and O–H groups in total. The second kappa shape index (κ2) is 5.16. The summed E-state index contributed by atoms with van der Waals surface area (Å²) in [6.07, 6.45) is 0. The van der Waals surface area contributed by atoms with Crippen molar-refractivity contribution in [2.75, 3.05) is 33.2 Å². The molecule has 0 amide bonds. The largest absolute Gasteiger partial charge is 0.304 e. The van der Waals surface area contributed by atoms with Crippen LogP contribution in [0.3, 0.4) is 0 Å². The molecule has 1 saturated heterocycles. The van der Waals surface area contributed by atoms with Crippen LogP contribution in [-0.2, 0) is 15.9 Å². The van der Waals surface area contributed by atoms with Crippen LogP contribution >= 0.6 is 11.6 Å². The first-order valence-electron chi connectivity index (χ1n) is 5.75. The molecule has 0 spiro atoms. The van der Waals surface area contributed by atoms with Crippen LogP contribution in [0.4, 0.5) is 0 Å². The summed E-state index contributed by atoms with van der Waals surface area (Å²) in [5, 5.41) is 6.66. The van der Waals surface area contributed by atoms with E-state index in [4.69, 9.17) is 11.6 Å². The molecule has 18 heavy (non-hydrogen) atoms. The summed E-state index contributed by atoms with van der Waals surface area (Å²) < 4.78 is 26.4. The molecule has 0 bridgehead atoms. The first-order chi connectivity index (χ1) is 8.46. The molecule has 0 radical (unpaired) electrons. The minimum atomic E-state index is -3.53. The van der Waals surface area contributed by atoms with E-state index in [-0.39, 0.29) is 10.9 Å². The number of likely N-dealkylation sites (N-methyl/N-ethyl adjacent to an activating group) is 1. The van der Waals surface area contributed by atoms with Gasteiger partial charge < -0.3 is 4.90 Å².